The lowest BCUT2D eigenvalue weighted by Gasteiger charge is -2.13. The Morgan fingerprint density at radius 1 is 0.905 bits per heavy atom. The van der Waals surface area contributed by atoms with Gasteiger partial charge in [0, 0.05) is 12.6 Å². The standard InChI is InChI=1S/C17H18N2O2/c1-12(18-13(2)20)17(21)19-16-10-8-15(9-11-16)14-6-4-3-5-7-14/h3-12H,1-2H3,(H,18,20)(H,19,21)/t12-/m1/s1. The average molecular weight is 282 g/mol. The van der Waals surface area contributed by atoms with Crippen molar-refractivity contribution in [2.24, 2.45) is 0 Å². The number of benzene rings is 2. The van der Waals surface area contributed by atoms with Gasteiger partial charge in [0.15, 0.2) is 0 Å². The molecular formula is C17H18N2O2. The molecule has 0 aliphatic heterocycles. The molecule has 0 saturated heterocycles. The summed E-state index contributed by atoms with van der Waals surface area (Å²) in [6.45, 7) is 3.04. The van der Waals surface area contributed by atoms with E-state index in [1.54, 1.807) is 6.92 Å². The highest BCUT2D eigenvalue weighted by atomic mass is 16.2. The number of anilines is 1. The first-order valence-electron chi connectivity index (χ1n) is 6.79. The Balaban J connectivity index is 2.03. The second kappa shape index (κ2) is 6.70. The summed E-state index contributed by atoms with van der Waals surface area (Å²) >= 11 is 0. The van der Waals surface area contributed by atoms with Crippen LogP contribution < -0.4 is 10.6 Å². The van der Waals surface area contributed by atoms with E-state index in [0.29, 0.717) is 5.69 Å². The van der Waals surface area contributed by atoms with Gasteiger partial charge in [-0.1, -0.05) is 42.5 Å². The number of hydrogen-bond acceptors (Lipinski definition) is 2. The molecule has 0 heterocycles. The zero-order chi connectivity index (χ0) is 15.2. The molecule has 2 rings (SSSR count). The van der Waals surface area contributed by atoms with E-state index in [9.17, 15) is 9.59 Å². The van der Waals surface area contributed by atoms with Crippen LogP contribution in [0.15, 0.2) is 54.6 Å². The molecular weight excluding hydrogens is 264 g/mol. The Kier molecular flexibility index (Phi) is 4.72. The lowest BCUT2D eigenvalue weighted by Crippen LogP contribution is -2.40. The Morgan fingerprint density at radius 2 is 1.48 bits per heavy atom. The van der Waals surface area contributed by atoms with Crippen molar-refractivity contribution < 1.29 is 9.59 Å². The van der Waals surface area contributed by atoms with Crippen molar-refractivity contribution in [1.82, 2.24) is 5.32 Å². The number of rotatable bonds is 4. The predicted octanol–water partition coefficient (Wildman–Crippen LogP) is 2.82. The number of nitrogens with one attached hydrogen (secondary N) is 2. The van der Waals surface area contributed by atoms with Crippen LogP contribution in [0.5, 0.6) is 0 Å². The number of hydrogen-bond donors (Lipinski definition) is 2. The van der Waals surface area contributed by atoms with Gasteiger partial charge in [-0.25, -0.2) is 0 Å². The quantitative estimate of drug-likeness (QED) is 0.906. The van der Waals surface area contributed by atoms with Crippen LogP contribution in [0.4, 0.5) is 5.69 Å². The van der Waals surface area contributed by atoms with E-state index in [-0.39, 0.29) is 11.8 Å². The number of carbonyl (C=O) groups is 2. The van der Waals surface area contributed by atoms with Gasteiger partial charge in [0.05, 0.1) is 0 Å². The van der Waals surface area contributed by atoms with Crippen molar-refractivity contribution in [1.29, 1.82) is 0 Å². The van der Waals surface area contributed by atoms with E-state index in [1.165, 1.54) is 6.92 Å². The summed E-state index contributed by atoms with van der Waals surface area (Å²) in [5, 5.41) is 5.32. The molecule has 2 aromatic rings. The van der Waals surface area contributed by atoms with Crippen molar-refractivity contribution in [3.8, 4) is 11.1 Å². The third-order valence-electron chi connectivity index (χ3n) is 3.07. The van der Waals surface area contributed by atoms with Gasteiger partial charge < -0.3 is 10.6 Å². The van der Waals surface area contributed by atoms with Crippen molar-refractivity contribution in [3.05, 3.63) is 54.6 Å². The van der Waals surface area contributed by atoms with Crippen LogP contribution in [0.25, 0.3) is 11.1 Å². The molecule has 108 valence electrons. The molecule has 0 aliphatic rings. The van der Waals surface area contributed by atoms with Gasteiger partial charge in [-0.05, 0) is 30.2 Å². The Hall–Kier alpha value is -2.62. The minimum Gasteiger partial charge on any atom is -0.345 e. The summed E-state index contributed by atoms with van der Waals surface area (Å²) in [7, 11) is 0. The monoisotopic (exact) mass is 282 g/mol. The summed E-state index contributed by atoms with van der Waals surface area (Å²) in [5.74, 6) is -0.463. The van der Waals surface area contributed by atoms with E-state index >= 15 is 0 Å². The summed E-state index contributed by atoms with van der Waals surface area (Å²) in [6, 6.07) is 17.1. The lowest BCUT2D eigenvalue weighted by molar-refractivity contribution is -0.124. The molecule has 4 heteroatoms. The van der Waals surface area contributed by atoms with Gasteiger partial charge in [-0.3, -0.25) is 9.59 Å². The summed E-state index contributed by atoms with van der Waals surface area (Å²) in [4.78, 5) is 22.8. The molecule has 2 N–H and O–H groups in total. The minimum absolute atomic E-state index is 0.225. The average Bonchev–Trinajstić information content (AvgIpc) is 2.48. The van der Waals surface area contributed by atoms with Crippen molar-refractivity contribution >= 4 is 17.5 Å². The molecule has 2 amide bonds. The van der Waals surface area contributed by atoms with Crippen LogP contribution in [0.2, 0.25) is 0 Å². The van der Waals surface area contributed by atoms with Gasteiger partial charge >= 0.3 is 0 Å². The molecule has 4 nitrogen and oxygen atoms in total. The highest BCUT2D eigenvalue weighted by molar-refractivity contribution is 5.96. The normalized spacial score (nSPS) is 11.5. The van der Waals surface area contributed by atoms with Crippen molar-refractivity contribution in [2.75, 3.05) is 5.32 Å². The molecule has 1 atom stereocenters. The van der Waals surface area contributed by atoms with E-state index in [4.69, 9.17) is 0 Å². The second-order valence-corrected chi connectivity index (χ2v) is 4.85. The molecule has 0 aromatic heterocycles. The highest BCUT2D eigenvalue weighted by Crippen LogP contribution is 2.20. The fraction of sp³-hybridized carbons (Fsp3) is 0.176. The second-order valence-electron chi connectivity index (χ2n) is 4.85. The molecule has 0 fully saturated rings. The minimum atomic E-state index is -0.559. The maximum atomic E-state index is 11.9. The van der Waals surface area contributed by atoms with Gasteiger partial charge in [-0.2, -0.15) is 0 Å². The fourth-order valence-corrected chi connectivity index (χ4v) is 2.00. The summed E-state index contributed by atoms with van der Waals surface area (Å²) < 4.78 is 0. The van der Waals surface area contributed by atoms with E-state index in [2.05, 4.69) is 10.6 Å². The van der Waals surface area contributed by atoms with Crippen LogP contribution in [-0.2, 0) is 9.59 Å². The van der Waals surface area contributed by atoms with E-state index in [0.717, 1.165) is 11.1 Å². The largest absolute Gasteiger partial charge is 0.345 e. The van der Waals surface area contributed by atoms with Crippen LogP contribution in [0.1, 0.15) is 13.8 Å². The van der Waals surface area contributed by atoms with Crippen LogP contribution >= 0.6 is 0 Å². The SMILES string of the molecule is CC(=O)N[C@H](C)C(=O)Nc1ccc(-c2ccccc2)cc1. The maximum Gasteiger partial charge on any atom is 0.246 e. The summed E-state index contributed by atoms with van der Waals surface area (Å²) in [5.41, 5.74) is 2.92. The third kappa shape index (κ3) is 4.18. The van der Waals surface area contributed by atoms with E-state index in [1.807, 2.05) is 54.6 Å². The zero-order valence-electron chi connectivity index (χ0n) is 12.1. The van der Waals surface area contributed by atoms with Gasteiger partial charge in [0.25, 0.3) is 0 Å². The fourth-order valence-electron chi connectivity index (χ4n) is 2.00. The van der Waals surface area contributed by atoms with Crippen LogP contribution in [-0.4, -0.2) is 17.9 Å². The molecule has 0 saturated carbocycles. The third-order valence-corrected chi connectivity index (χ3v) is 3.07. The predicted molar refractivity (Wildman–Crippen MR) is 83.8 cm³/mol. The number of amides is 2. The molecule has 0 bridgehead atoms. The first-order chi connectivity index (χ1) is 10.1. The smallest absolute Gasteiger partial charge is 0.246 e. The highest BCUT2D eigenvalue weighted by Gasteiger charge is 2.13. The Bertz CT molecular complexity index is 621. The zero-order valence-corrected chi connectivity index (χ0v) is 12.1. The lowest BCUT2D eigenvalue weighted by atomic mass is 10.1. The molecule has 0 unspecified atom stereocenters. The molecule has 0 radical (unpaired) electrons. The molecule has 0 aliphatic carbocycles. The van der Waals surface area contributed by atoms with Crippen LogP contribution in [0, 0.1) is 0 Å². The summed E-state index contributed by atoms with van der Waals surface area (Å²) in [6.07, 6.45) is 0. The maximum absolute atomic E-state index is 11.9. The molecule has 2 aromatic carbocycles. The van der Waals surface area contributed by atoms with Gasteiger partial charge in [-0.15, -0.1) is 0 Å². The molecule has 0 spiro atoms. The first-order valence-corrected chi connectivity index (χ1v) is 6.79. The van der Waals surface area contributed by atoms with E-state index < -0.39 is 6.04 Å². The Labute approximate surface area is 124 Å². The Morgan fingerprint density at radius 3 is 2.05 bits per heavy atom. The first kappa shape index (κ1) is 14.8. The van der Waals surface area contributed by atoms with Crippen LogP contribution in [0.3, 0.4) is 0 Å². The molecule has 21 heavy (non-hydrogen) atoms. The van der Waals surface area contributed by atoms with Gasteiger partial charge in [0.1, 0.15) is 6.04 Å². The van der Waals surface area contributed by atoms with Gasteiger partial charge in [0.2, 0.25) is 11.8 Å². The number of carbonyl (C=O) groups excluding carboxylic acids is 2. The topological polar surface area (TPSA) is 58.2 Å². The van der Waals surface area contributed by atoms with Crippen molar-refractivity contribution in [2.45, 2.75) is 19.9 Å². The van der Waals surface area contributed by atoms with Crippen molar-refractivity contribution in [3.63, 3.8) is 0 Å².